The van der Waals surface area contributed by atoms with E-state index in [1.807, 2.05) is 0 Å². The summed E-state index contributed by atoms with van der Waals surface area (Å²) in [5.74, 6) is -0.991. The Morgan fingerprint density at radius 1 is 1.45 bits per heavy atom. The smallest absolute Gasteiger partial charge is 0.308 e. The molecule has 0 spiro atoms. The van der Waals surface area contributed by atoms with Crippen LogP contribution in [0, 0.1) is 0 Å². The van der Waals surface area contributed by atoms with Crippen LogP contribution in [0.15, 0.2) is 28.7 Å². The van der Waals surface area contributed by atoms with Gasteiger partial charge in [-0.25, -0.2) is 13.1 Å². The molecule has 20 heavy (non-hydrogen) atoms. The van der Waals surface area contributed by atoms with Crippen LogP contribution in [0.25, 0.3) is 0 Å². The van der Waals surface area contributed by atoms with Crippen molar-refractivity contribution in [1.29, 1.82) is 0 Å². The molecule has 0 aliphatic heterocycles. The fourth-order valence-corrected chi connectivity index (χ4v) is 3.88. The summed E-state index contributed by atoms with van der Waals surface area (Å²) in [6.45, 7) is 0.546. The van der Waals surface area contributed by atoms with Gasteiger partial charge in [0.25, 0.3) is 0 Å². The third-order valence-corrected chi connectivity index (χ3v) is 5.37. The molecule has 2 aromatic heterocycles. The minimum Gasteiger partial charge on any atom is -0.481 e. The molecule has 0 aromatic carbocycles. The van der Waals surface area contributed by atoms with E-state index in [2.05, 4.69) is 15.0 Å². The number of carboxylic acids is 1. The first-order valence-corrected chi connectivity index (χ1v) is 7.91. The topological polar surface area (TPSA) is 114 Å². The van der Waals surface area contributed by atoms with E-state index < -0.39 is 16.0 Å². The van der Waals surface area contributed by atoms with Crippen molar-refractivity contribution in [1.82, 2.24) is 19.7 Å². The first kappa shape index (κ1) is 14.6. The van der Waals surface area contributed by atoms with E-state index in [4.69, 9.17) is 5.11 Å². The second-order valence-corrected chi connectivity index (χ2v) is 7.02. The summed E-state index contributed by atoms with van der Waals surface area (Å²) in [6, 6.07) is 2.91. The van der Waals surface area contributed by atoms with Crippen molar-refractivity contribution in [3.63, 3.8) is 0 Å². The molecule has 0 aliphatic carbocycles. The van der Waals surface area contributed by atoms with Crippen molar-refractivity contribution in [3.8, 4) is 0 Å². The zero-order valence-electron chi connectivity index (χ0n) is 10.3. The van der Waals surface area contributed by atoms with E-state index in [-0.39, 0.29) is 17.2 Å². The summed E-state index contributed by atoms with van der Waals surface area (Å²) in [4.78, 5) is 11.1. The van der Waals surface area contributed by atoms with E-state index in [1.165, 1.54) is 23.0 Å². The molecule has 0 bridgehead atoms. The number of nitrogens with one attached hydrogen (secondary N) is 1. The maximum Gasteiger partial charge on any atom is 0.308 e. The molecular formula is C10H12N4O4S2. The average Bonchev–Trinajstić information content (AvgIpc) is 2.99. The van der Waals surface area contributed by atoms with E-state index in [0.717, 1.165) is 11.3 Å². The zero-order valence-corrected chi connectivity index (χ0v) is 11.9. The maximum absolute atomic E-state index is 12.0. The Labute approximate surface area is 119 Å². The third-order valence-electron chi connectivity index (χ3n) is 2.33. The largest absolute Gasteiger partial charge is 0.481 e. The minimum absolute atomic E-state index is 0.104. The lowest BCUT2D eigenvalue weighted by molar-refractivity contribution is -0.136. The zero-order chi connectivity index (χ0) is 14.6. The summed E-state index contributed by atoms with van der Waals surface area (Å²) < 4.78 is 28.0. The van der Waals surface area contributed by atoms with Gasteiger partial charge in [-0.3, -0.25) is 9.48 Å². The number of aliphatic carboxylic acids is 1. The third kappa shape index (κ3) is 3.85. The molecular weight excluding hydrogens is 304 g/mol. The van der Waals surface area contributed by atoms with Gasteiger partial charge >= 0.3 is 5.97 Å². The molecule has 0 amide bonds. The first-order valence-electron chi connectivity index (χ1n) is 5.61. The molecule has 108 valence electrons. The second kappa shape index (κ2) is 6.11. The molecule has 0 aliphatic rings. The first-order chi connectivity index (χ1) is 9.47. The standard InChI is InChI=1S/C10H12N4O4S2/c15-9(16)7-8-1-2-10(19-8)20(17,18)12-4-6-14-5-3-11-13-14/h1-3,5,12H,4,6-7H2,(H,15,16). The van der Waals surface area contributed by atoms with Gasteiger partial charge in [-0.2, -0.15) is 0 Å². The lowest BCUT2D eigenvalue weighted by Crippen LogP contribution is -2.27. The van der Waals surface area contributed by atoms with Crippen molar-refractivity contribution in [3.05, 3.63) is 29.4 Å². The summed E-state index contributed by atoms with van der Waals surface area (Å²) in [6.07, 6.45) is 2.95. The van der Waals surface area contributed by atoms with Crippen molar-refractivity contribution in [2.24, 2.45) is 0 Å². The van der Waals surface area contributed by atoms with E-state index >= 15 is 0 Å². The molecule has 2 heterocycles. The van der Waals surface area contributed by atoms with Crippen LogP contribution in [-0.2, 0) is 27.8 Å². The minimum atomic E-state index is -3.61. The van der Waals surface area contributed by atoms with Gasteiger partial charge < -0.3 is 5.11 Å². The summed E-state index contributed by atoms with van der Waals surface area (Å²) in [5, 5.41) is 16.0. The normalized spacial score (nSPS) is 11.6. The van der Waals surface area contributed by atoms with Crippen molar-refractivity contribution in [2.45, 2.75) is 17.2 Å². The summed E-state index contributed by atoms with van der Waals surface area (Å²) in [7, 11) is -3.61. The fourth-order valence-electron chi connectivity index (χ4n) is 1.46. The molecule has 2 rings (SSSR count). The van der Waals surface area contributed by atoms with Crippen molar-refractivity contribution in [2.75, 3.05) is 6.54 Å². The Morgan fingerprint density at radius 2 is 2.25 bits per heavy atom. The highest BCUT2D eigenvalue weighted by Gasteiger charge is 2.17. The van der Waals surface area contributed by atoms with Crippen LogP contribution in [0.3, 0.4) is 0 Å². The van der Waals surface area contributed by atoms with Crippen LogP contribution >= 0.6 is 11.3 Å². The molecule has 0 radical (unpaired) electrons. The maximum atomic E-state index is 12.0. The number of thiophene rings is 1. The lowest BCUT2D eigenvalue weighted by atomic mass is 10.3. The van der Waals surface area contributed by atoms with Gasteiger partial charge in [-0.15, -0.1) is 16.4 Å². The van der Waals surface area contributed by atoms with Gasteiger partial charge in [-0.05, 0) is 12.1 Å². The second-order valence-electron chi connectivity index (χ2n) is 3.86. The van der Waals surface area contributed by atoms with Crippen molar-refractivity contribution < 1.29 is 18.3 Å². The number of hydrogen-bond acceptors (Lipinski definition) is 6. The lowest BCUT2D eigenvalue weighted by Gasteiger charge is -2.04. The fraction of sp³-hybridized carbons (Fsp3) is 0.300. The SMILES string of the molecule is O=C(O)Cc1ccc(S(=O)(=O)NCCn2ccnn2)s1. The summed E-state index contributed by atoms with van der Waals surface area (Å²) in [5.41, 5.74) is 0. The summed E-state index contributed by atoms with van der Waals surface area (Å²) >= 11 is 0.950. The number of aromatic nitrogens is 3. The molecule has 8 nitrogen and oxygen atoms in total. The highest BCUT2D eigenvalue weighted by atomic mass is 32.2. The Hall–Kier alpha value is -1.78. The molecule has 0 unspecified atom stereocenters. The molecule has 0 atom stereocenters. The molecule has 0 fully saturated rings. The van der Waals surface area contributed by atoms with E-state index in [0.29, 0.717) is 11.4 Å². The van der Waals surface area contributed by atoms with Gasteiger partial charge in [0.1, 0.15) is 4.21 Å². The van der Waals surface area contributed by atoms with Gasteiger partial charge in [0.2, 0.25) is 10.0 Å². The van der Waals surface area contributed by atoms with Crippen LogP contribution in [0.5, 0.6) is 0 Å². The van der Waals surface area contributed by atoms with Crippen LogP contribution in [0.2, 0.25) is 0 Å². The van der Waals surface area contributed by atoms with Crippen LogP contribution in [0.4, 0.5) is 0 Å². The molecule has 0 saturated carbocycles. The molecule has 10 heteroatoms. The van der Waals surface area contributed by atoms with Crippen LogP contribution in [-0.4, -0.2) is 41.0 Å². The Balaban J connectivity index is 1.95. The van der Waals surface area contributed by atoms with Gasteiger partial charge in [0.05, 0.1) is 19.2 Å². The number of rotatable bonds is 7. The highest BCUT2D eigenvalue weighted by molar-refractivity contribution is 7.91. The monoisotopic (exact) mass is 316 g/mol. The highest BCUT2D eigenvalue weighted by Crippen LogP contribution is 2.21. The Kier molecular flexibility index (Phi) is 4.47. The van der Waals surface area contributed by atoms with Crippen LogP contribution < -0.4 is 4.72 Å². The number of carbonyl (C=O) groups is 1. The average molecular weight is 316 g/mol. The van der Waals surface area contributed by atoms with Gasteiger partial charge in [0, 0.05) is 17.6 Å². The Morgan fingerprint density at radius 3 is 2.90 bits per heavy atom. The van der Waals surface area contributed by atoms with Gasteiger partial charge in [0.15, 0.2) is 0 Å². The van der Waals surface area contributed by atoms with Crippen molar-refractivity contribution >= 4 is 27.3 Å². The molecule has 0 saturated heterocycles. The van der Waals surface area contributed by atoms with E-state index in [1.54, 1.807) is 6.20 Å². The molecule has 2 N–H and O–H groups in total. The van der Waals surface area contributed by atoms with Crippen LogP contribution in [0.1, 0.15) is 4.88 Å². The molecule has 2 aromatic rings. The van der Waals surface area contributed by atoms with Gasteiger partial charge in [-0.1, -0.05) is 5.21 Å². The predicted octanol–water partition coefficient (Wildman–Crippen LogP) is -0.0548. The number of hydrogen-bond donors (Lipinski definition) is 2. The van der Waals surface area contributed by atoms with E-state index in [9.17, 15) is 13.2 Å². The Bertz CT molecular complexity index is 678. The number of carboxylic acid groups (broad SMARTS) is 1. The predicted molar refractivity (Wildman–Crippen MR) is 70.9 cm³/mol. The quantitative estimate of drug-likeness (QED) is 0.740. The number of nitrogens with zero attached hydrogens (tertiary/aromatic N) is 3. The number of sulfonamides is 1.